The molecule has 2 N–H and O–H groups in total. The molecule has 1 saturated carbocycles. The number of hydrogen-bond donors (Lipinski definition) is 2. The van der Waals surface area contributed by atoms with E-state index in [0.29, 0.717) is 12.5 Å². The SMILES string of the molecule is CN1CCC(CNC(=O)N(CCO)CCC2CCCCC2)CC1. The molecule has 0 radical (unpaired) electrons. The minimum Gasteiger partial charge on any atom is -0.395 e. The van der Waals surface area contributed by atoms with Gasteiger partial charge in [0.15, 0.2) is 0 Å². The van der Waals surface area contributed by atoms with Crippen molar-refractivity contribution in [3.63, 3.8) is 0 Å². The van der Waals surface area contributed by atoms with Crippen LogP contribution in [0, 0.1) is 11.8 Å². The molecule has 23 heavy (non-hydrogen) atoms. The van der Waals surface area contributed by atoms with E-state index in [1.54, 1.807) is 0 Å². The molecule has 2 fully saturated rings. The molecule has 134 valence electrons. The lowest BCUT2D eigenvalue weighted by atomic mass is 9.87. The van der Waals surface area contributed by atoms with Gasteiger partial charge in [0, 0.05) is 19.6 Å². The van der Waals surface area contributed by atoms with E-state index in [2.05, 4.69) is 17.3 Å². The summed E-state index contributed by atoms with van der Waals surface area (Å²) in [6.07, 6.45) is 10.1. The molecule has 0 spiro atoms. The van der Waals surface area contributed by atoms with Crippen molar-refractivity contribution < 1.29 is 9.90 Å². The predicted molar refractivity (Wildman–Crippen MR) is 93.5 cm³/mol. The fourth-order valence-electron chi connectivity index (χ4n) is 3.86. The van der Waals surface area contributed by atoms with Crippen LogP contribution in [-0.4, -0.2) is 67.3 Å². The summed E-state index contributed by atoms with van der Waals surface area (Å²) in [6.45, 7) is 4.31. The maximum atomic E-state index is 12.4. The van der Waals surface area contributed by atoms with E-state index >= 15 is 0 Å². The Bertz CT molecular complexity index is 337. The summed E-state index contributed by atoms with van der Waals surface area (Å²) in [5.41, 5.74) is 0. The zero-order valence-corrected chi connectivity index (χ0v) is 14.8. The highest BCUT2D eigenvalue weighted by atomic mass is 16.3. The van der Waals surface area contributed by atoms with Gasteiger partial charge in [0.25, 0.3) is 0 Å². The third-order valence-electron chi connectivity index (χ3n) is 5.57. The largest absolute Gasteiger partial charge is 0.395 e. The first-order valence-electron chi connectivity index (χ1n) is 9.51. The molecule has 2 aliphatic rings. The van der Waals surface area contributed by atoms with Gasteiger partial charge in [-0.25, -0.2) is 4.79 Å². The van der Waals surface area contributed by atoms with Crippen LogP contribution in [0.25, 0.3) is 0 Å². The predicted octanol–water partition coefficient (Wildman–Crippen LogP) is 2.30. The number of likely N-dealkylation sites (tertiary alicyclic amines) is 1. The van der Waals surface area contributed by atoms with Gasteiger partial charge in [-0.05, 0) is 51.2 Å². The van der Waals surface area contributed by atoms with Crippen LogP contribution < -0.4 is 5.32 Å². The molecular formula is C18H35N3O2. The van der Waals surface area contributed by atoms with Crippen molar-refractivity contribution in [2.24, 2.45) is 11.8 Å². The normalized spacial score (nSPS) is 21.3. The number of nitrogens with one attached hydrogen (secondary N) is 1. The third-order valence-corrected chi connectivity index (χ3v) is 5.57. The molecule has 5 nitrogen and oxygen atoms in total. The summed E-state index contributed by atoms with van der Waals surface area (Å²) in [6, 6.07) is 0.00814. The van der Waals surface area contributed by atoms with E-state index in [4.69, 9.17) is 0 Å². The molecule has 2 rings (SSSR count). The molecule has 1 aliphatic heterocycles. The molecule has 0 aromatic rings. The van der Waals surface area contributed by atoms with E-state index in [1.807, 2.05) is 4.90 Å². The number of rotatable bonds is 7. The lowest BCUT2D eigenvalue weighted by molar-refractivity contribution is 0.164. The summed E-state index contributed by atoms with van der Waals surface area (Å²) in [7, 11) is 2.16. The number of aliphatic hydroxyl groups is 1. The third kappa shape index (κ3) is 6.68. The maximum absolute atomic E-state index is 12.4. The van der Waals surface area contributed by atoms with Crippen molar-refractivity contribution >= 4 is 6.03 Å². The highest BCUT2D eigenvalue weighted by Gasteiger charge is 2.20. The van der Waals surface area contributed by atoms with Crippen LogP contribution in [0.1, 0.15) is 51.4 Å². The fourth-order valence-corrected chi connectivity index (χ4v) is 3.86. The molecule has 0 bridgehead atoms. The average Bonchev–Trinajstić information content (AvgIpc) is 2.58. The fraction of sp³-hybridized carbons (Fsp3) is 0.944. The standard InChI is InChI=1S/C18H35N3O2/c1-20-10-7-17(8-11-20)15-19-18(23)21(13-14-22)12-9-16-5-3-2-4-6-16/h16-17,22H,2-15H2,1H3,(H,19,23). The zero-order valence-electron chi connectivity index (χ0n) is 14.8. The van der Waals surface area contributed by atoms with Crippen molar-refractivity contribution in [1.82, 2.24) is 15.1 Å². The summed E-state index contributed by atoms with van der Waals surface area (Å²) in [5.74, 6) is 1.37. The molecule has 0 aromatic carbocycles. The lowest BCUT2D eigenvalue weighted by Gasteiger charge is -2.30. The van der Waals surface area contributed by atoms with Gasteiger partial charge < -0.3 is 20.2 Å². The highest BCUT2D eigenvalue weighted by Crippen LogP contribution is 2.26. The van der Waals surface area contributed by atoms with Gasteiger partial charge in [-0.15, -0.1) is 0 Å². The monoisotopic (exact) mass is 325 g/mol. The van der Waals surface area contributed by atoms with Crippen molar-refractivity contribution in [1.29, 1.82) is 0 Å². The number of nitrogens with zero attached hydrogens (tertiary/aromatic N) is 2. The molecule has 1 heterocycles. The van der Waals surface area contributed by atoms with Gasteiger partial charge in [-0.3, -0.25) is 0 Å². The van der Waals surface area contributed by atoms with E-state index < -0.39 is 0 Å². The molecule has 0 atom stereocenters. The summed E-state index contributed by atoms with van der Waals surface area (Å²) < 4.78 is 0. The summed E-state index contributed by atoms with van der Waals surface area (Å²) in [4.78, 5) is 16.6. The van der Waals surface area contributed by atoms with E-state index in [9.17, 15) is 9.90 Å². The van der Waals surface area contributed by atoms with Crippen molar-refractivity contribution in [2.75, 3.05) is 46.4 Å². The highest BCUT2D eigenvalue weighted by molar-refractivity contribution is 5.74. The van der Waals surface area contributed by atoms with Crippen molar-refractivity contribution in [3.05, 3.63) is 0 Å². The number of hydrogen-bond acceptors (Lipinski definition) is 3. The number of carbonyl (C=O) groups excluding carboxylic acids is 1. The Labute approximate surface area is 141 Å². The Morgan fingerprint density at radius 2 is 1.78 bits per heavy atom. The Balaban J connectivity index is 1.69. The first-order valence-corrected chi connectivity index (χ1v) is 9.51. The lowest BCUT2D eigenvalue weighted by Crippen LogP contribution is -2.45. The minimum atomic E-state index is 0.00814. The Kier molecular flexibility index (Phi) is 8.17. The van der Waals surface area contributed by atoms with Crippen LogP contribution in [0.15, 0.2) is 0 Å². The summed E-state index contributed by atoms with van der Waals surface area (Å²) >= 11 is 0. The second kappa shape index (κ2) is 10.1. The van der Waals surface area contributed by atoms with Crippen LogP contribution >= 0.6 is 0 Å². The number of amides is 2. The van der Waals surface area contributed by atoms with Crippen LogP contribution in [-0.2, 0) is 0 Å². The minimum absolute atomic E-state index is 0.00814. The van der Waals surface area contributed by atoms with Crippen LogP contribution in [0.4, 0.5) is 4.79 Å². The first kappa shape index (κ1) is 18.5. The van der Waals surface area contributed by atoms with Crippen molar-refractivity contribution in [3.8, 4) is 0 Å². The molecular weight excluding hydrogens is 290 g/mol. The van der Waals surface area contributed by atoms with Gasteiger partial charge in [-0.2, -0.15) is 0 Å². The number of aliphatic hydroxyl groups excluding tert-OH is 1. The maximum Gasteiger partial charge on any atom is 0.317 e. The van der Waals surface area contributed by atoms with Gasteiger partial charge >= 0.3 is 6.03 Å². The average molecular weight is 325 g/mol. The number of piperidine rings is 1. The van der Waals surface area contributed by atoms with Crippen LogP contribution in [0.2, 0.25) is 0 Å². The topological polar surface area (TPSA) is 55.8 Å². The van der Waals surface area contributed by atoms with Gasteiger partial charge in [-0.1, -0.05) is 32.1 Å². The molecule has 5 heteroatoms. The van der Waals surface area contributed by atoms with Crippen LogP contribution in [0.5, 0.6) is 0 Å². The van der Waals surface area contributed by atoms with E-state index in [0.717, 1.165) is 38.5 Å². The van der Waals surface area contributed by atoms with E-state index in [-0.39, 0.29) is 12.6 Å². The Hall–Kier alpha value is -0.810. The van der Waals surface area contributed by atoms with Crippen LogP contribution in [0.3, 0.4) is 0 Å². The van der Waals surface area contributed by atoms with Gasteiger partial charge in [0.05, 0.1) is 6.61 Å². The Morgan fingerprint density at radius 1 is 1.09 bits per heavy atom. The molecule has 0 aromatic heterocycles. The second-order valence-corrected chi connectivity index (χ2v) is 7.44. The number of carbonyl (C=O) groups is 1. The van der Waals surface area contributed by atoms with Gasteiger partial charge in [0.2, 0.25) is 0 Å². The zero-order chi connectivity index (χ0) is 16.5. The van der Waals surface area contributed by atoms with Crippen molar-refractivity contribution in [2.45, 2.75) is 51.4 Å². The second-order valence-electron chi connectivity index (χ2n) is 7.44. The molecule has 0 unspecified atom stereocenters. The first-order chi connectivity index (χ1) is 11.2. The summed E-state index contributed by atoms with van der Waals surface area (Å²) in [5, 5.41) is 12.3. The number of urea groups is 1. The van der Waals surface area contributed by atoms with Gasteiger partial charge in [0.1, 0.15) is 0 Å². The van der Waals surface area contributed by atoms with E-state index in [1.165, 1.54) is 44.9 Å². The Morgan fingerprint density at radius 3 is 2.43 bits per heavy atom. The quantitative estimate of drug-likeness (QED) is 0.755. The smallest absolute Gasteiger partial charge is 0.317 e. The molecule has 1 aliphatic carbocycles. The molecule has 2 amide bonds. The molecule has 1 saturated heterocycles.